The Balaban J connectivity index is 2.55. The fourth-order valence-electron chi connectivity index (χ4n) is 1.81. The smallest absolute Gasteiger partial charge is 0.504 e. The lowest BCUT2D eigenvalue weighted by Crippen LogP contribution is -2.15. The van der Waals surface area contributed by atoms with E-state index in [0.717, 1.165) is 12.1 Å². The summed E-state index contributed by atoms with van der Waals surface area (Å²) < 4.78 is 42.2. The number of carboxylic acid groups (broad SMARTS) is 1. The summed E-state index contributed by atoms with van der Waals surface area (Å²) in [5, 5.41) is 28.1. The quantitative estimate of drug-likeness (QED) is 0.316. The van der Waals surface area contributed by atoms with E-state index in [0.29, 0.717) is 11.8 Å². The second-order valence-electron chi connectivity index (χ2n) is 4.63. The normalized spacial score (nSPS) is 12.4. The van der Waals surface area contributed by atoms with E-state index in [1.54, 1.807) is 6.07 Å². The number of hydrogen-bond acceptors (Lipinski definition) is 5. The number of alkyl halides is 3. The number of thioether (sulfide) groups is 1. The second kappa shape index (κ2) is 7.39. The number of aromatic hydroxyl groups is 2. The van der Waals surface area contributed by atoms with Crippen molar-refractivity contribution in [2.24, 2.45) is 0 Å². The van der Waals surface area contributed by atoms with Crippen LogP contribution in [-0.4, -0.2) is 27.7 Å². The average Bonchev–Trinajstić information content (AvgIpc) is 2.53. The van der Waals surface area contributed by atoms with Crippen LogP contribution in [-0.2, 0) is 9.53 Å². The summed E-state index contributed by atoms with van der Waals surface area (Å²) in [5.41, 5.74) is -0.0762. The Labute approximate surface area is 144 Å². The van der Waals surface area contributed by atoms with Gasteiger partial charge in [0.05, 0.1) is 0 Å². The van der Waals surface area contributed by atoms with E-state index < -0.39 is 34.5 Å². The van der Waals surface area contributed by atoms with Gasteiger partial charge in [-0.2, -0.15) is 0 Å². The van der Waals surface area contributed by atoms with Crippen LogP contribution in [0.4, 0.5) is 13.2 Å². The van der Waals surface area contributed by atoms with Crippen LogP contribution in [0.25, 0.3) is 5.76 Å². The molecular weight excluding hydrogens is 361 g/mol. The third kappa shape index (κ3) is 5.08. The Kier molecular flexibility index (Phi) is 5.48. The molecule has 0 bridgehead atoms. The van der Waals surface area contributed by atoms with Gasteiger partial charge in [-0.3, -0.25) is 0 Å². The molecule has 2 rings (SSSR count). The summed E-state index contributed by atoms with van der Waals surface area (Å²) in [6, 6.07) is 10.3. The third-order valence-electron chi connectivity index (χ3n) is 2.82. The molecule has 3 N–H and O–H groups in total. The van der Waals surface area contributed by atoms with E-state index >= 15 is 0 Å². The molecule has 0 heterocycles. The third-order valence-corrected chi connectivity index (χ3v) is 3.87. The van der Waals surface area contributed by atoms with E-state index in [2.05, 4.69) is 4.74 Å². The first kappa shape index (κ1) is 18.5. The van der Waals surface area contributed by atoms with E-state index in [4.69, 9.17) is 0 Å². The Hall–Kier alpha value is -2.81. The molecule has 0 aliphatic heterocycles. The number of phenolic OH excluding ortho intramolecular Hbond substituents is 2. The molecule has 0 amide bonds. The van der Waals surface area contributed by atoms with Crippen LogP contribution in [0, 0.1) is 0 Å². The molecule has 0 aliphatic carbocycles. The second-order valence-corrected chi connectivity index (χ2v) is 5.71. The summed E-state index contributed by atoms with van der Waals surface area (Å²) >= 11 is 0.447. The largest absolute Gasteiger partial charge is 0.573 e. The molecule has 132 valence electrons. The molecule has 0 saturated carbocycles. The summed E-state index contributed by atoms with van der Waals surface area (Å²) in [5.74, 6) is -3.49. The highest BCUT2D eigenvalue weighted by Gasteiger charge is 2.35. The van der Waals surface area contributed by atoms with Crippen molar-refractivity contribution in [3.8, 4) is 11.5 Å². The van der Waals surface area contributed by atoms with Crippen LogP contribution < -0.4 is 0 Å². The number of carboxylic acids is 1. The van der Waals surface area contributed by atoms with Gasteiger partial charge in [0.15, 0.2) is 17.3 Å². The van der Waals surface area contributed by atoms with Crippen LogP contribution >= 0.6 is 11.8 Å². The maximum atomic E-state index is 12.7. The zero-order valence-electron chi connectivity index (χ0n) is 12.3. The van der Waals surface area contributed by atoms with Gasteiger partial charge in [-0.05, 0) is 18.2 Å². The molecule has 0 spiro atoms. The Bertz CT molecular complexity index is 803. The number of rotatable bonds is 5. The van der Waals surface area contributed by atoms with Crippen molar-refractivity contribution in [1.29, 1.82) is 0 Å². The standard InChI is InChI=1S/C16H11F3O5S/c17-16(18,19)24-13(9-4-2-1-3-5-9)14(15(22)23)25-10-6-7-11(20)12(21)8-10/h1-8,20-21H,(H,22,23)/b14-13+. The lowest BCUT2D eigenvalue weighted by molar-refractivity contribution is -0.290. The van der Waals surface area contributed by atoms with Crippen LogP contribution in [0.15, 0.2) is 58.3 Å². The van der Waals surface area contributed by atoms with Crippen molar-refractivity contribution < 1.29 is 38.0 Å². The zero-order valence-corrected chi connectivity index (χ0v) is 13.1. The molecule has 2 aromatic rings. The van der Waals surface area contributed by atoms with E-state index in [1.165, 1.54) is 30.3 Å². The number of halogens is 3. The van der Waals surface area contributed by atoms with Gasteiger partial charge in [-0.1, -0.05) is 42.1 Å². The monoisotopic (exact) mass is 372 g/mol. The van der Waals surface area contributed by atoms with Crippen molar-refractivity contribution in [2.75, 3.05) is 0 Å². The minimum atomic E-state index is -5.09. The SMILES string of the molecule is O=C(O)/C(Sc1ccc(O)c(O)c1)=C(\OC(F)(F)F)c1ccccc1. The number of carbonyl (C=O) groups is 1. The molecule has 0 unspecified atom stereocenters. The Morgan fingerprint density at radius 1 is 1.00 bits per heavy atom. The summed E-state index contributed by atoms with van der Waals surface area (Å²) in [6.45, 7) is 0. The highest BCUT2D eigenvalue weighted by Crippen LogP contribution is 2.39. The number of hydrogen-bond donors (Lipinski definition) is 3. The van der Waals surface area contributed by atoms with E-state index in [9.17, 15) is 33.3 Å². The fraction of sp³-hybridized carbons (Fsp3) is 0.0625. The predicted molar refractivity (Wildman–Crippen MR) is 83.8 cm³/mol. The highest BCUT2D eigenvalue weighted by atomic mass is 32.2. The first-order chi connectivity index (χ1) is 11.7. The van der Waals surface area contributed by atoms with Gasteiger partial charge >= 0.3 is 12.3 Å². The molecule has 0 aromatic heterocycles. The molecule has 0 aliphatic rings. The van der Waals surface area contributed by atoms with Gasteiger partial charge in [-0.15, -0.1) is 13.2 Å². The lowest BCUT2D eigenvalue weighted by atomic mass is 10.2. The number of ether oxygens (including phenoxy) is 1. The van der Waals surface area contributed by atoms with Crippen LogP contribution in [0.3, 0.4) is 0 Å². The van der Waals surface area contributed by atoms with Gasteiger partial charge in [0, 0.05) is 10.5 Å². The highest BCUT2D eigenvalue weighted by molar-refractivity contribution is 8.04. The molecular formula is C16H11F3O5S. The maximum Gasteiger partial charge on any atom is 0.573 e. The summed E-state index contributed by atoms with van der Waals surface area (Å²) in [7, 11) is 0. The van der Waals surface area contributed by atoms with Crippen molar-refractivity contribution in [3.63, 3.8) is 0 Å². The molecule has 2 aromatic carbocycles. The number of benzene rings is 2. The summed E-state index contributed by atoms with van der Waals surface area (Å²) in [4.78, 5) is 10.9. The van der Waals surface area contributed by atoms with Gasteiger partial charge in [-0.25, -0.2) is 4.79 Å². The molecule has 0 atom stereocenters. The molecule has 5 nitrogen and oxygen atoms in total. The Morgan fingerprint density at radius 2 is 1.64 bits per heavy atom. The molecule has 0 fully saturated rings. The lowest BCUT2D eigenvalue weighted by Gasteiger charge is -2.16. The van der Waals surface area contributed by atoms with Crippen LogP contribution in [0.2, 0.25) is 0 Å². The van der Waals surface area contributed by atoms with Crippen molar-refractivity contribution in [1.82, 2.24) is 0 Å². The first-order valence-corrected chi connectivity index (χ1v) is 7.47. The minimum absolute atomic E-state index is 0.0762. The van der Waals surface area contributed by atoms with Gasteiger partial charge in [0.25, 0.3) is 0 Å². The number of aliphatic carboxylic acids is 1. The molecule has 9 heteroatoms. The predicted octanol–water partition coefficient (Wildman–Crippen LogP) is 4.18. The molecule has 0 radical (unpaired) electrons. The van der Waals surface area contributed by atoms with Crippen molar-refractivity contribution in [2.45, 2.75) is 11.3 Å². The molecule has 0 saturated heterocycles. The molecule has 25 heavy (non-hydrogen) atoms. The zero-order chi connectivity index (χ0) is 18.6. The van der Waals surface area contributed by atoms with Gasteiger partial charge < -0.3 is 20.1 Å². The summed E-state index contributed by atoms with van der Waals surface area (Å²) in [6.07, 6.45) is -5.09. The maximum absolute atomic E-state index is 12.7. The fourth-order valence-corrected chi connectivity index (χ4v) is 2.70. The van der Waals surface area contributed by atoms with Gasteiger partial charge in [0.1, 0.15) is 4.91 Å². The average molecular weight is 372 g/mol. The van der Waals surface area contributed by atoms with E-state index in [1.807, 2.05) is 0 Å². The van der Waals surface area contributed by atoms with E-state index in [-0.39, 0.29) is 10.5 Å². The van der Waals surface area contributed by atoms with Crippen LogP contribution in [0.1, 0.15) is 5.56 Å². The Morgan fingerprint density at radius 3 is 2.16 bits per heavy atom. The first-order valence-electron chi connectivity index (χ1n) is 6.66. The van der Waals surface area contributed by atoms with Gasteiger partial charge in [0.2, 0.25) is 0 Å². The minimum Gasteiger partial charge on any atom is -0.504 e. The van der Waals surface area contributed by atoms with Crippen LogP contribution in [0.5, 0.6) is 11.5 Å². The van der Waals surface area contributed by atoms with Crippen molar-refractivity contribution >= 4 is 23.5 Å². The topological polar surface area (TPSA) is 87.0 Å². The number of phenols is 2. The van der Waals surface area contributed by atoms with Crippen molar-refractivity contribution in [3.05, 3.63) is 59.0 Å².